The first-order valence-corrected chi connectivity index (χ1v) is 7.55. The molecule has 25 heavy (non-hydrogen) atoms. The summed E-state index contributed by atoms with van der Waals surface area (Å²) in [5.74, 6) is -1.45. The summed E-state index contributed by atoms with van der Waals surface area (Å²) in [6, 6.07) is 4.09. The van der Waals surface area contributed by atoms with Crippen molar-refractivity contribution in [3.05, 3.63) is 41.5 Å². The van der Waals surface area contributed by atoms with Crippen LogP contribution in [0, 0.1) is 5.82 Å². The van der Waals surface area contributed by atoms with Crippen molar-refractivity contribution in [3.8, 4) is 5.69 Å². The number of nitrogens with one attached hydrogen (secondary N) is 1. The molecule has 1 N–H and O–H groups in total. The molecule has 1 aliphatic rings. The predicted octanol–water partition coefficient (Wildman–Crippen LogP) is 1.86. The number of nitrogens with zero attached hydrogens (tertiary/aromatic N) is 4. The third kappa shape index (κ3) is 3.34. The second-order valence-corrected chi connectivity index (χ2v) is 5.74. The lowest BCUT2D eigenvalue weighted by Crippen LogP contribution is -2.39. The summed E-state index contributed by atoms with van der Waals surface area (Å²) < 4.78 is 54.2. The molecule has 2 heterocycles. The minimum Gasteiger partial charge on any atom is -0.336 e. The van der Waals surface area contributed by atoms with Gasteiger partial charge in [0, 0.05) is 19.6 Å². The van der Waals surface area contributed by atoms with Gasteiger partial charge in [0.15, 0.2) is 11.4 Å². The Morgan fingerprint density at radius 1 is 1.32 bits per heavy atom. The van der Waals surface area contributed by atoms with Gasteiger partial charge in [0.1, 0.15) is 5.82 Å². The van der Waals surface area contributed by atoms with Crippen molar-refractivity contribution in [1.29, 1.82) is 0 Å². The molecule has 1 aromatic heterocycles. The average molecular weight is 357 g/mol. The Morgan fingerprint density at radius 2 is 2.00 bits per heavy atom. The fourth-order valence-corrected chi connectivity index (χ4v) is 2.75. The maximum atomic E-state index is 13.6. The molecule has 134 valence electrons. The maximum absolute atomic E-state index is 13.6. The molecular weight excluding hydrogens is 342 g/mol. The highest BCUT2D eigenvalue weighted by molar-refractivity contribution is 5.93. The molecule has 0 unspecified atom stereocenters. The fourth-order valence-electron chi connectivity index (χ4n) is 2.75. The van der Waals surface area contributed by atoms with Crippen LogP contribution in [-0.4, -0.2) is 52.0 Å². The lowest BCUT2D eigenvalue weighted by molar-refractivity contribution is -0.143. The maximum Gasteiger partial charge on any atom is 0.435 e. The molecular formula is C15H15F4N5O. The number of aromatic nitrogens is 3. The van der Waals surface area contributed by atoms with Crippen LogP contribution in [-0.2, 0) is 6.18 Å². The molecule has 1 aliphatic heterocycles. The largest absolute Gasteiger partial charge is 0.435 e. The third-order valence-corrected chi connectivity index (χ3v) is 4.11. The van der Waals surface area contributed by atoms with Crippen molar-refractivity contribution >= 4 is 5.91 Å². The van der Waals surface area contributed by atoms with Crippen LogP contribution < -0.4 is 5.32 Å². The van der Waals surface area contributed by atoms with Crippen molar-refractivity contribution in [2.75, 3.05) is 20.1 Å². The molecule has 0 aliphatic carbocycles. The summed E-state index contributed by atoms with van der Waals surface area (Å²) >= 11 is 0. The first-order valence-electron chi connectivity index (χ1n) is 7.55. The molecule has 1 saturated heterocycles. The SMILES string of the molecule is CN(C(=O)c1nnn(-c2ccc(F)cc2)c1C(F)(F)F)[C@H]1CCNC1. The van der Waals surface area contributed by atoms with Crippen molar-refractivity contribution in [1.82, 2.24) is 25.2 Å². The topological polar surface area (TPSA) is 63.1 Å². The molecule has 0 spiro atoms. The molecule has 6 nitrogen and oxygen atoms in total. The predicted molar refractivity (Wildman–Crippen MR) is 79.7 cm³/mol. The second-order valence-electron chi connectivity index (χ2n) is 5.74. The van der Waals surface area contributed by atoms with Gasteiger partial charge in [-0.05, 0) is 37.2 Å². The lowest BCUT2D eigenvalue weighted by Gasteiger charge is -2.23. The van der Waals surface area contributed by atoms with E-state index >= 15 is 0 Å². The lowest BCUT2D eigenvalue weighted by atomic mass is 10.2. The Morgan fingerprint density at radius 3 is 2.56 bits per heavy atom. The molecule has 0 radical (unpaired) electrons. The van der Waals surface area contributed by atoms with Gasteiger partial charge in [0.25, 0.3) is 5.91 Å². The van der Waals surface area contributed by atoms with Gasteiger partial charge in [-0.2, -0.15) is 13.2 Å². The van der Waals surface area contributed by atoms with Gasteiger partial charge in [0.05, 0.1) is 5.69 Å². The van der Waals surface area contributed by atoms with E-state index in [2.05, 4.69) is 15.6 Å². The molecule has 0 bridgehead atoms. The summed E-state index contributed by atoms with van der Waals surface area (Å²) in [6.45, 7) is 1.20. The molecule has 1 atom stereocenters. The average Bonchev–Trinajstić information content (AvgIpc) is 3.23. The number of hydrogen-bond donors (Lipinski definition) is 1. The van der Waals surface area contributed by atoms with Gasteiger partial charge in [-0.1, -0.05) is 5.21 Å². The summed E-state index contributed by atoms with van der Waals surface area (Å²) in [5, 5.41) is 9.98. The summed E-state index contributed by atoms with van der Waals surface area (Å²) in [4.78, 5) is 13.8. The van der Waals surface area contributed by atoms with Crippen molar-refractivity contribution in [2.24, 2.45) is 0 Å². The number of amides is 1. The van der Waals surface area contributed by atoms with Crippen molar-refractivity contribution in [2.45, 2.75) is 18.6 Å². The minimum atomic E-state index is -4.85. The summed E-state index contributed by atoms with van der Waals surface area (Å²) in [7, 11) is 1.44. The van der Waals surface area contributed by atoms with E-state index in [9.17, 15) is 22.4 Å². The van der Waals surface area contributed by atoms with Crippen LogP contribution in [0.4, 0.5) is 17.6 Å². The number of benzene rings is 1. The van der Waals surface area contributed by atoms with Gasteiger partial charge in [-0.25, -0.2) is 9.07 Å². The number of alkyl halides is 3. The van der Waals surface area contributed by atoms with E-state index < -0.39 is 29.3 Å². The van der Waals surface area contributed by atoms with Crippen LogP contribution in [0.25, 0.3) is 5.69 Å². The van der Waals surface area contributed by atoms with Crippen LogP contribution >= 0.6 is 0 Å². The molecule has 0 saturated carbocycles. The molecule has 3 rings (SSSR count). The van der Waals surface area contributed by atoms with Crippen LogP contribution in [0.3, 0.4) is 0 Å². The highest BCUT2D eigenvalue weighted by Gasteiger charge is 2.43. The van der Waals surface area contributed by atoms with Crippen molar-refractivity contribution < 1.29 is 22.4 Å². The number of halogens is 4. The van der Waals surface area contributed by atoms with Gasteiger partial charge >= 0.3 is 6.18 Å². The van der Waals surface area contributed by atoms with Crippen LogP contribution in [0.15, 0.2) is 24.3 Å². The van der Waals surface area contributed by atoms with E-state index in [1.807, 2.05) is 0 Å². The standard InChI is InChI=1S/C15H15F4N5O/c1-23(11-6-7-20-8-11)14(25)12-13(15(17,18)19)24(22-21-12)10-4-2-9(16)3-5-10/h2-5,11,20H,6-8H2,1H3/t11-/m0/s1. The second kappa shape index (κ2) is 6.43. The first-order chi connectivity index (χ1) is 11.8. The summed E-state index contributed by atoms with van der Waals surface area (Å²) in [6.07, 6.45) is -4.20. The molecule has 1 amide bonds. The van der Waals surface area contributed by atoms with Gasteiger partial charge in [0.2, 0.25) is 0 Å². The van der Waals surface area contributed by atoms with Crippen molar-refractivity contribution in [3.63, 3.8) is 0 Å². The highest BCUT2D eigenvalue weighted by atomic mass is 19.4. The van der Waals surface area contributed by atoms with E-state index in [1.54, 1.807) is 0 Å². The first kappa shape index (κ1) is 17.3. The van der Waals surface area contributed by atoms with E-state index in [1.165, 1.54) is 11.9 Å². The smallest absolute Gasteiger partial charge is 0.336 e. The Balaban J connectivity index is 2.02. The van der Waals surface area contributed by atoms with Crippen LogP contribution in [0.1, 0.15) is 22.6 Å². The zero-order valence-corrected chi connectivity index (χ0v) is 13.2. The molecule has 10 heteroatoms. The fraction of sp³-hybridized carbons (Fsp3) is 0.400. The zero-order chi connectivity index (χ0) is 18.2. The Labute approximate surface area is 140 Å². The van der Waals surface area contributed by atoms with Gasteiger partial charge < -0.3 is 10.2 Å². The Hall–Kier alpha value is -2.49. The number of rotatable bonds is 3. The zero-order valence-electron chi connectivity index (χ0n) is 13.2. The van der Waals surface area contributed by atoms with Crippen LogP contribution in [0.2, 0.25) is 0 Å². The van der Waals surface area contributed by atoms with E-state index in [0.29, 0.717) is 24.2 Å². The van der Waals surface area contributed by atoms with E-state index in [0.717, 1.165) is 24.3 Å². The monoisotopic (exact) mass is 357 g/mol. The van der Waals surface area contributed by atoms with Gasteiger partial charge in [-0.3, -0.25) is 4.79 Å². The molecule has 2 aromatic rings. The van der Waals surface area contributed by atoms with Gasteiger partial charge in [-0.15, -0.1) is 5.10 Å². The van der Waals surface area contributed by atoms with E-state index in [4.69, 9.17) is 0 Å². The number of likely N-dealkylation sites (N-methyl/N-ethyl adjacent to an activating group) is 1. The minimum absolute atomic E-state index is 0.0366. The summed E-state index contributed by atoms with van der Waals surface area (Å²) in [5.41, 5.74) is -2.08. The third-order valence-electron chi connectivity index (χ3n) is 4.11. The normalized spacial score (nSPS) is 17.7. The molecule has 1 aromatic carbocycles. The number of carbonyl (C=O) groups is 1. The number of hydrogen-bond acceptors (Lipinski definition) is 4. The quantitative estimate of drug-likeness (QED) is 0.852. The molecule has 1 fully saturated rings. The Bertz CT molecular complexity index is 765. The Kier molecular flexibility index (Phi) is 4.46. The highest BCUT2D eigenvalue weighted by Crippen LogP contribution is 2.33. The van der Waals surface area contributed by atoms with E-state index in [-0.39, 0.29) is 11.7 Å². The van der Waals surface area contributed by atoms with Crippen LogP contribution in [0.5, 0.6) is 0 Å². The number of carbonyl (C=O) groups excluding carboxylic acids is 1.